The van der Waals surface area contributed by atoms with Crippen LogP contribution in [0.2, 0.25) is 0 Å². The second-order valence-corrected chi connectivity index (χ2v) is 5.73. The summed E-state index contributed by atoms with van der Waals surface area (Å²) >= 11 is 0. The van der Waals surface area contributed by atoms with Crippen molar-refractivity contribution >= 4 is 5.91 Å². The van der Waals surface area contributed by atoms with Crippen molar-refractivity contribution in [3.05, 3.63) is 0 Å². The van der Waals surface area contributed by atoms with E-state index in [1.807, 2.05) is 0 Å². The van der Waals surface area contributed by atoms with Crippen LogP contribution in [-0.2, 0) is 4.79 Å². The summed E-state index contributed by atoms with van der Waals surface area (Å²) < 4.78 is 0. The number of likely N-dealkylation sites (N-methyl/N-ethyl adjacent to an activating group) is 1. The Kier molecular flexibility index (Phi) is 5.01. The summed E-state index contributed by atoms with van der Waals surface area (Å²) in [5, 5.41) is 3.39. The molecule has 0 aromatic rings. The van der Waals surface area contributed by atoms with Crippen LogP contribution in [0.15, 0.2) is 0 Å². The maximum atomic E-state index is 12.3. The van der Waals surface area contributed by atoms with Gasteiger partial charge in [-0.05, 0) is 45.3 Å². The van der Waals surface area contributed by atoms with Crippen molar-refractivity contribution in [2.45, 2.75) is 39.2 Å². The molecule has 0 bridgehead atoms. The van der Waals surface area contributed by atoms with Gasteiger partial charge in [0, 0.05) is 32.1 Å². The van der Waals surface area contributed by atoms with Gasteiger partial charge in [0.05, 0.1) is 0 Å². The van der Waals surface area contributed by atoms with Crippen molar-refractivity contribution in [3.8, 4) is 0 Å². The molecule has 4 nitrogen and oxygen atoms in total. The van der Waals surface area contributed by atoms with E-state index in [0.717, 1.165) is 45.7 Å². The molecule has 0 aliphatic carbocycles. The molecule has 2 atom stereocenters. The third-order valence-corrected chi connectivity index (χ3v) is 4.39. The summed E-state index contributed by atoms with van der Waals surface area (Å²) in [5.74, 6) is 0.928. The average Bonchev–Trinajstić information content (AvgIpc) is 2.39. The Balaban J connectivity index is 1.79. The van der Waals surface area contributed by atoms with Crippen LogP contribution in [-0.4, -0.2) is 61.0 Å². The highest BCUT2D eigenvalue weighted by Gasteiger charge is 2.27. The minimum Gasteiger partial charge on any atom is -0.340 e. The van der Waals surface area contributed by atoms with Crippen LogP contribution in [0.5, 0.6) is 0 Å². The van der Waals surface area contributed by atoms with Crippen LogP contribution in [0.4, 0.5) is 0 Å². The van der Waals surface area contributed by atoms with Gasteiger partial charge < -0.3 is 10.2 Å². The van der Waals surface area contributed by atoms with Crippen LogP contribution in [0.1, 0.15) is 33.1 Å². The molecule has 2 aliphatic rings. The highest BCUT2D eigenvalue weighted by molar-refractivity contribution is 5.76. The lowest BCUT2D eigenvalue weighted by molar-refractivity contribution is -0.135. The van der Waals surface area contributed by atoms with Crippen molar-refractivity contribution < 1.29 is 4.79 Å². The molecule has 1 N–H and O–H groups in total. The Hall–Kier alpha value is -0.610. The molecular weight excluding hydrogens is 226 g/mol. The maximum absolute atomic E-state index is 12.3. The third-order valence-electron chi connectivity index (χ3n) is 4.39. The molecule has 2 unspecified atom stereocenters. The monoisotopic (exact) mass is 253 g/mol. The van der Waals surface area contributed by atoms with E-state index in [1.165, 1.54) is 12.8 Å². The highest BCUT2D eigenvalue weighted by atomic mass is 16.2. The zero-order valence-corrected chi connectivity index (χ0v) is 11.8. The van der Waals surface area contributed by atoms with Crippen LogP contribution in [0.25, 0.3) is 0 Å². The Morgan fingerprint density at radius 2 is 2.22 bits per heavy atom. The van der Waals surface area contributed by atoms with E-state index >= 15 is 0 Å². The lowest BCUT2D eigenvalue weighted by Gasteiger charge is -2.40. The van der Waals surface area contributed by atoms with Crippen molar-refractivity contribution in [2.24, 2.45) is 5.92 Å². The smallest absolute Gasteiger partial charge is 0.222 e. The summed E-state index contributed by atoms with van der Waals surface area (Å²) in [4.78, 5) is 16.8. The van der Waals surface area contributed by atoms with E-state index in [1.54, 1.807) is 0 Å². The molecule has 2 aliphatic heterocycles. The number of piperazine rings is 1. The molecule has 0 aromatic heterocycles. The molecule has 18 heavy (non-hydrogen) atoms. The number of carbonyl (C=O) groups excluding carboxylic acids is 1. The molecule has 0 saturated carbocycles. The predicted octanol–water partition coefficient (Wildman–Crippen LogP) is 0.929. The van der Waals surface area contributed by atoms with Crippen LogP contribution in [0, 0.1) is 5.92 Å². The fourth-order valence-electron chi connectivity index (χ4n) is 3.17. The minimum atomic E-state index is 0.367. The number of piperidine rings is 1. The Morgan fingerprint density at radius 1 is 1.39 bits per heavy atom. The molecule has 2 fully saturated rings. The first kappa shape index (κ1) is 13.8. The van der Waals surface area contributed by atoms with Crippen LogP contribution in [0.3, 0.4) is 0 Å². The number of nitrogens with zero attached hydrogens (tertiary/aromatic N) is 2. The molecule has 1 amide bonds. The van der Waals surface area contributed by atoms with E-state index in [0.29, 0.717) is 17.9 Å². The highest BCUT2D eigenvalue weighted by Crippen LogP contribution is 2.17. The van der Waals surface area contributed by atoms with E-state index in [4.69, 9.17) is 0 Å². The fourth-order valence-corrected chi connectivity index (χ4v) is 3.17. The zero-order chi connectivity index (χ0) is 13.0. The van der Waals surface area contributed by atoms with Gasteiger partial charge in [-0.15, -0.1) is 0 Å². The van der Waals surface area contributed by atoms with Gasteiger partial charge in [-0.1, -0.05) is 6.92 Å². The van der Waals surface area contributed by atoms with E-state index in [-0.39, 0.29) is 0 Å². The largest absolute Gasteiger partial charge is 0.340 e. The summed E-state index contributed by atoms with van der Waals surface area (Å²) in [7, 11) is 0. The number of amides is 1. The Labute approximate surface area is 111 Å². The van der Waals surface area contributed by atoms with E-state index in [2.05, 4.69) is 29.0 Å². The maximum Gasteiger partial charge on any atom is 0.222 e. The van der Waals surface area contributed by atoms with E-state index in [9.17, 15) is 4.79 Å². The van der Waals surface area contributed by atoms with Crippen LogP contribution >= 0.6 is 0 Å². The molecule has 2 heterocycles. The van der Waals surface area contributed by atoms with Crippen LogP contribution < -0.4 is 5.32 Å². The molecule has 2 rings (SSSR count). The number of carbonyl (C=O) groups is 1. The second-order valence-electron chi connectivity index (χ2n) is 5.73. The fraction of sp³-hybridized carbons (Fsp3) is 0.929. The number of hydrogen-bond donors (Lipinski definition) is 1. The summed E-state index contributed by atoms with van der Waals surface area (Å²) in [6.45, 7) is 10.5. The van der Waals surface area contributed by atoms with Gasteiger partial charge in [-0.3, -0.25) is 9.69 Å². The number of nitrogens with one attached hydrogen (secondary N) is 1. The van der Waals surface area contributed by atoms with E-state index < -0.39 is 0 Å². The van der Waals surface area contributed by atoms with Gasteiger partial charge in [-0.2, -0.15) is 0 Å². The molecule has 4 heteroatoms. The summed E-state index contributed by atoms with van der Waals surface area (Å²) in [6.07, 6.45) is 3.17. The molecule has 0 radical (unpaired) electrons. The van der Waals surface area contributed by atoms with Crippen molar-refractivity contribution in [3.63, 3.8) is 0 Å². The first-order chi connectivity index (χ1) is 8.70. The quantitative estimate of drug-likeness (QED) is 0.813. The Bertz CT molecular complexity index is 276. The predicted molar refractivity (Wildman–Crippen MR) is 73.5 cm³/mol. The standard InChI is InChI=1S/C14H27N3O/c1-3-16-7-8-17(11-12(16)2)14(18)9-13-5-4-6-15-10-13/h12-13,15H,3-11H2,1-2H3. The van der Waals surface area contributed by atoms with Gasteiger partial charge in [0.15, 0.2) is 0 Å². The molecule has 104 valence electrons. The zero-order valence-electron chi connectivity index (χ0n) is 11.8. The SMILES string of the molecule is CCN1CCN(C(=O)CC2CCCNC2)CC1C. The molecular formula is C14H27N3O. The lowest BCUT2D eigenvalue weighted by atomic mass is 9.95. The molecule has 2 saturated heterocycles. The number of rotatable bonds is 3. The average molecular weight is 253 g/mol. The number of hydrogen-bond acceptors (Lipinski definition) is 3. The first-order valence-corrected chi connectivity index (χ1v) is 7.43. The third kappa shape index (κ3) is 3.45. The van der Waals surface area contributed by atoms with Gasteiger partial charge in [0.1, 0.15) is 0 Å². The Morgan fingerprint density at radius 3 is 2.83 bits per heavy atom. The minimum absolute atomic E-state index is 0.367. The molecule has 0 spiro atoms. The topological polar surface area (TPSA) is 35.6 Å². The normalized spacial score (nSPS) is 30.4. The summed E-state index contributed by atoms with van der Waals surface area (Å²) in [5.41, 5.74) is 0. The van der Waals surface area contributed by atoms with Gasteiger partial charge in [0.25, 0.3) is 0 Å². The summed E-state index contributed by atoms with van der Waals surface area (Å²) in [6, 6.07) is 0.511. The lowest BCUT2D eigenvalue weighted by Crippen LogP contribution is -2.53. The van der Waals surface area contributed by atoms with Gasteiger partial charge >= 0.3 is 0 Å². The van der Waals surface area contributed by atoms with Crippen molar-refractivity contribution in [1.29, 1.82) is 0 Å². The van der Waals surface area contributed by atoms with Crippen molar-refractivity contribution in [2.75, 3.05) is 39.3 Å². The van der Waals surface area contributed by atoms with Gasteiger partial charge in [-0.25, -0.2) is 0 Å². The van der Waals surface area contributed by atoms with Crippen molar-refractivity contribution in [1.82, 2.24) is 15.1 Å². The second kappa shape index (κ2) is 6.53. The first-order valence-electron chi connectivity index (χ1n) is 7.43. The van der Waals surface area contributed by atoms with Gasteiger partial charge in [0.2, 0.25) is 5.91 Å². The molecule has 0 aromatic carbocycles.